The molecule has 114 valence electrons. The van der Waals surface area contributed by atoms with Crippen LogP contribution in [0.15, 0.2) is 46.9 Å². The number of rotatable bonds is 2. The Hall–Kier alpha value is -2.80. The molecule has 0 aliphatic carbocycles. The second kappa shape index (κ2) is 5.13. The molecule has 0 bridgehead atoms. The molecule has 1 aliphatic heterocycles. The fraction of sp³-hybridized carbons (Fsp3) is 0.125. The zero-order valence-electron chi connectivity index (χ0n) is 12.3. The van der Waals surface area contributed by atoms with Crippen LogP contribution in [0, 0.1) is 17.0 Å². The molecule has 0 fully saturated rings. The molecular formula is C16H12N4O2S. The van der Waals surface area contributed by atoms with E-state index in [1.807, 2.05) is 35.2 Å². The molecule has 0 atom stereocenters. The normalized spacial score (nSPS) is 13.0. The minimum absolute atomic E-state index is 0.0632. The zero-order chi connectivity index (χ0) is 16.0. The number of hydrogen-bond donors (Lipinski definition) is 0. The van der Waals surface area contributed by atoms with Crippen molar-refractivity contribution in [1.82, 2.24) is 9.55 Å². The first kappa shape index (κ1) is 13.8. The molecule has 23 heavy (non-hydrogen) atoms. The molecule has 3 aromatic rings. The lowest BCUT2D eigenvalue weighted by Crippen LogP contribution is -2.06. The third-order valence-electron chi connectivity index (χ3n) is 3.74. The van der Waals surface area contributed by atoms with Gasteiger partial charge in [0.25, 0.3) is 5.69 Å². The van der Waals surface area contributed by atoms with E-state index < -0.39 is 0 Å². The van der Waals surface area contributed by atoms with Crippen molar-refractivity contribution in [2.75, 3.05) is 0 Å². The van der Waals surface area contributed by atoms with E-state index in [9.17, 15) is 10.1 Å². The largest absolute Gasteiger partial charge is 0.301 e. The first-order chi connectivity index (χ1) is 11.1. The van der Waals surface area contributed by atoms with E-state index in [0.717, 1.165) is 33.4 Å². The summed E-state index contributed by atoms with van der Waals surface area (Å²) in [7, 11) is 0. The van der Waals surface area contributed by atoms with Gasteiger partial charge in [0.05, 0.1) is 33.4 Å². The molecule has 4 rings (SSSR count). The lowest BCUT2D eigenvalue weighted by molar-refractivity contribution is -0.384. The molecular weight excluding hydrogens is 312 g/mol. The molecule has 0 radical (unpaired) electrons. The number of non-ortho nitro benzene ring substituents is 1. The molecule has 0 saturated carbocycles. The van der Waals surface area contributed by atoms with E-state index in [0.29, 0.717) is 6.54 Å². The first-order valence-electron chi connectivity index (χ1n) is 7.06. The van der Waals surface area contributed by atoms with E-state index >= 15 is 0 Å². The Morgan fingerprint density at radius 1 is 1.35 bits per heavy atom. The van der Waals surface area contributed by atoms with Crippen molar-refractivity contribution in [1.29, 1.82) is 0 Å². The third-order valence-corrected chi connectivity index (χ3v) is 4.61. The summed E-state index contributed by atoms with van der Waals surface area (Å²) >= 11 is 1.57. The quantitative estimate of drug-likeness (QED) is 0.535. The summed E-state index contributed by atoms with van der Waals surface area (Å²) < 4.78 is 1.97. The molecule has 0 saturated heterocycles. The van der Waals surface area contributed by atoms with Crippen LogP contribution in [-0.4, -0.2) is 20.2 Å². The average Bonchev–Trinajstić information content (AvgIpc) is 3.15. The van der Waals surface area contributed by atoms with Crippen molar-refractivity contribution in [3.8, 4) is 5.69 Å². The summed E-state index contributed by atoms with van der Waals surface area (Å²) in [5.41, 5.74) is 3.38. The van der Waals surface area contributed by atoms with Gasteiger partial charge in [-0.25, -0.2) is 4.98 Å². The highest BCUT2D eigenvalue weighted by molar-refractivity contribution is 7.12. The molecule has 0 spiro atoms. The smallest absolute Gasteiger partial charge is 0.270 e. The van der Waals surface area contributed by atoms with E-state index in [1.54, 1.807) is 23.5 Å². The van der Waals surface area contributed by atoms with Gasteiger partial charge < -0.3 is 4.57 Å². The van der Waals surface area contributed by atoms with Gasteiger partial charge in [0.15, 0.2) is 0 Å². The van der Waals surface area contributed by atoms with Crippen LogP contribution in [0.4, 0.5) is 5.69 Å². The van der Waals surface area contributed by atoms with Crippen LogP contribution in [0.25, 0.3) is 5.69 Å². The van der Waals surface area contributed by atoms with Crippen LogP contribution in [0.5, 0.6) is 0 Å². The highest BCUT2D eigenvalue weighted by atomic mass is 32.1. The Morgan fingerprint density at radius 2 is 2.22 bits per heavy atom. The first-order valence-corrected chi connectivity index (χ1v) is 7.94. The number of fused-ring (bicyclic) bond motifs is 3. The maximum Gasteiger partial charge on any atom is 0.270 e. The van der Waals surface area contributed by atoms with E-state index in [2.05, 4.69) is 9.98 Å². The fourth-order valence-corrected chi connectivity index (χ4v) is 3.51. The fourth-order valence-electron chi connectivity index (χ4n) is 2.76. The summed E-state index contributed by atoms with van der Waals surface area (Å²) in [5, 5.41) is 13.1. The molecule has 0 unspecified atom stereocenters. The Bertz CT molecular complexity index is 941. The Balaban J connectivity index is 2.00. The maximum atomic E-state index is 11.2. The number of aliphatic imine (C=N–C) groups is 1. The Labute approximate surface area is 135 Å². The van der Waals surface area contributed by atoms with Crippen LogP contribution in [0.3, 0.4) is 0 Å². The van der Waals surface area contributed by atoms with Crippen LogP contribution in [-0.2, 0) is 6.54 Å². The second-order valence-corrected chi connectivity index (χ2v) is 6.22. The molecule has 1 aliphatic rings. The maximum absolute atomic E-state index is 11.2. The molecule has 1 aromatic carbocycles. The van der Waals surface area contributed by atoms with Crippen LogP contribution < -0.4 is 0 Å². The Morgan fingerprint density at radius 3 is 2.96 bits per heavy atom. The van der Waals surface area contributed by atoms with Gasteiger partial charge in [-0.15, -0.1) is 11.3 Å². The van der Waals surface area contributed by atoms with Gasteiger partial charge in [-0.1, -0.05) is 6.07 Å². The summed E-state index contributed by atoms with van der Waals surface area (Å²) in [6.07, 6.45) is 1.94. The van der Waals surface area contributed by atoms with Crippen LogP contribution in [0.2, 0.25) is 0 Å². The number of nitrogens with zero attached hydrogens (tertiary/aromatic N) is 4. The summed E-state index contributed by atoms with van der Waals surface area (Å²) in [6.45, 7) is 2.38. The molecule has 2 aromatic heterocycles. The summed E-state index contributed by atoms with van der Waals surface area (Å²) in [5.74, 6) is 0.837. The van der Waals surface area contributed by atoms with Crippen molar-refractivity contribution >= 4 is 22.7 Å². The zero-order valence-corrected chi connectivity index (χ0v) is 13.1. The number of imidazole rings is 1. The predicted molar refractivity (Wildman–Crippen MR) is 88.6 cm³/mol. The number of nitro groups is 1. The molecule has 7 heteroatoms. The summed E-state index contributed by atoms with van der Waals surface area (Å²) in [6, 6.07) is 8.82. The van der Waals surface area contributed by atoms with Gasteiger partial charge in [0.1, 0.15) is 5.82 Å². The Kier molecular flexibility index (Phi) is 3.09. The third kappa shape index (κ3) is 2.25. The van der Waals surface area contributed by atoms with Gasteiger partial charge in [-0.3, -0.25) is 15.1 Å². The monoisotopic (exact) mass is 324 g/mol. The molecule has 0 N–H and O–H groups in total. The van der Waals surface area contributed by atoms with Gasteiger partial charge in [-0.05, 0) is 24.4 Å². The molecule has 3 heterocycles. The highest BCUT2D eigenvalue weighted by Gasteiger charge is 2.22. The van der Waals surface area contributed by atoms with Crippen LogP contribution in [0.1, 0.15) is 22.0 Å². The van der Waals surface area contributed by atoms with E-state index in [1.165, 1.54) is 6.07 Å². The van der Waals surface area contributed by atoms with Gasteiger partial charge in [0.2, 0.25) is 0 Å². The minimum Gasteiger partial charge on any atom is -0.301 e. The van der Waals surface area contributed by atoms with Crippen molar-refractivity contribution in [3.05, 3.63) is 74.0 Å². The van der Waals surface area contributed by atoms with E-state index in [-0.39, 0.29) is 10.6 Å². The number of aryl methyl sites for hydroxylation is 1. The average molecular weight is 324 g/mol. The van der Waals surface area contributed by atoms with Crippen molar-refractivity contribution in [2.24, 2.45) is 4.99 Å². The SMILES string of the molecule is Cc1cn2c(n1)CN=C(c1cccs1)c1cc([N+](=O)[O-])ccc1-2. The lowest BCUT2D eigenvalue weighted by Gasteiger charge is -2.10. The summed E-state index contributed by atoms with van der Waals surface area (Å²) in [4.78, 5) is 21.0. The van der Waals surface area contributed by atoms with Crippen molar-refractivity contribution < 1.29 is 4.92 Å². The van der Waals surface area contributed by atoms with Crippen molar-refractivity contribution in [3.63, 3.8) is 0 Å². The number of thiophene rings is 1. The number of aromatic nitrogens is 2. The number of hydrogen-bond acceptors (Lipinski definition) is 5. The van der Waals surface area contributed by atoms with Gasteiger partial charge in [-0.2, -0.15) is 0 Å². The lowest BCUT2D eigenvalue weighted by atomic mass is 10.1. The molecule has 0 amide bonds. The van der Waals surface area contributed by atoms with Gasteiger partial charge in [0, 0.05) is 23.9 Å². The van der Waals surface area contributed by atoms with E-state index in [4.69, 9.17) is 0 Å². The topological polar surface area (TPSA) is 73.3 Å². The van der Waals surface area contributed by atoms with Gasteiger partial charge >= 0.3 is 0 Å². The van der Waals surface area contributed by atoms with Crippen molar-refractivity contribution in [2.45, 2.75) is 13.5 Å². The standard InChI is InChI=1S/C16H12N4O2S/c1-10-9-19-13-5-4-11(20(21)22)7-12(13)16(14-3-2-6-23-14)17-8-15(19)18-10/h2-7,9H,8H2,1H3. The minimum atomic E-state index is -0.378. The molecule has 6 nitrogen and oxygen atoms in total. The van der Waals surface area contributed by atoms with Crippen LogP contribution >= 0.6 is 11.3 Å². The highest BCUT2D eigenvalue weighted by Crippen LogP contribution is 2.29. The second-order valence-electron chi connectivity index (χ2n) is 5.27. The number of benzene rings is 1. The number of nitro benzene ring substituents is 1. The predicted octanol–water partition coefficient (Wildman–Crippen LogP) is 3.50.